The topological polar surface area (TPSA) is 109 Å². The SMILES string of the molecule is CC#Cc1ccc(C(=O)OCCC[N+](C)(C)C)cc1.O=S(=O)([N-]S(=O)(=O)C(F)(F)F)C(F)(F)F. The second-order valence-corrected chi connectivity index (χ2v) is 10.8. The van der Waals surface area contributed by atoms with Crippen LogP contribution in [0.5, 0.6) is 0 Å². The average molecular weight is 541 g/mol. The summed E-state index contributed by atoms with van der Waals surface area (Å²) in [5.74, 6) is 5.49. The van der Waals surface area contributed by atoms with Gasteiger partial charge in [-0.05, 0) is 31.2 Å². The molecule has 1 aromatic rings. The van der Waals surface area contributed by atoms with Crippen molar-refractivity contribution < 1.29 is 57.2 Å². The number of quaternary nitrogens is 1. The molecule has 0 N–H and O–H groups in total. The molecule has 0 fully saturated rings. The molecule has 0 aliphatic rings. The fourth-order valence-electron chi connectivity index (χ4n) is 1.83. The highest BCUT2D eigenvalue weighted by Gasteiger charge is 2.46. The number of sulfonamides is 2. The van der Waals surface area contributed by atoms with Crippen LogP contribution in [-0.4, -0.2) is 72.6 Å². The molecule has 0 unspecified atom stereocenters. The van der Waals surface area contributed by atoms with E-state index >= 15 is 0 Å². The lowest BCUT2D eigenvalue weighted by Crippen LogP contribution is -2.35. The number of benzene rings is 1. The van der Waals surface area contributed by atoms with E-state index in [1.807, 2.05) is 12.1 Å². The third kappa shape index (κ3) is 11.2. The predicted octanol–water partition coefficient (Wildman–Crippen LogP) is 3.37. The molecule has 194 valence electrons. The van der Waals surface area contributed by atoms with E-state index in [4.69, 9.17) is 4.74 Å². The number of nitrogens with zero attached hydrogens (tertiary/aromatic N) is 2. The van der Waals surface area contributed by atoms with Gasteiger partial charge in [0.2, 0.25) is 0 Å². The smallest absolute Gasteiger partial charge is 0.462 e. The van der Waals surface area contributed by atoms with E-state index in [-0.39, 0.29) is 5.97 Å². The summed E-state index contributed by atoms with van der Waals surface area (Å²) in [6, 6.07) is 7.17. The predicted molar refractivity (Wildman–Crippen MR) is 110 cm³/mol. The average Bonchev–Trinajstić information content (AvgIpc) is 2.63. The van der Waals surface area contributed by atoms with Crippen LogP contribution in [0.1, 0.15) is 29.3 Å². The van der Waals surface area contributed by atoms with Gasteiger partial charge in [0.15, 0.2) is 20.0 Å². The van der Waals surface area contributed by atoms with Crippen LogP contribution in [0.15, 0.2) is 24.3 Å². The van der Waals surface area contributed by atoms with Crippen LogP contribution in [0.3, 0.4) is 0 Å². The van der Waals surface area contributed by atoms with E-state index in [0.717, 1.165) is 27.1 Å². The normalized spacial score (nSPS) is 12.6. The Balaban J connectivity index is 0.000000661. The number of hydrogen-bond donors (Lipinski definition) is 0. The van der Waals surface area contributed by atoms with E-state index in [2.05, 4.69) is 33.0 Å². The van der Waals surface area contributed by atoms with E-state index in [1.54, 1.807) is 19.1 Å². The molecule has 1 aromatic carbocycles. The van der Waals surface area contributed by atoms with Gasteiger partial charge in [-0.25, -0.2) is 21.6 Å². The number of rotatable bonds is 7. The summed E-state index contributed by atoms with van der Waals surface area (Å²) in [6.45, 7) is 3.24. The van der Waals surface area contributed by atoms with E-state index in [0.29, 0.717) is 12.2 Å². The molecular formula is C18H22F6N2O6S2. The molecule has 16 heteroatoms. The number of alkyl halides is 6. The van der Waals surface area contributed by atoms with Gasteiger partial charge in [-0.3, -0.25) is 0 Å². The second kappa shape index (κ2) is 11.9. The number of carbonyl (C=O) groups is 1. The van der Waals surface area contributed by atoms with Crippen molar-refractivity contribution in [3.8, 4) is 11.8 Å². The molecule has 0 atom stereocenters. The molecule has 0 amide bonds. The zero-order chi connectivity index (χ0) is 27.0. The fraction of sp³-hybridized carbons (Fsp3) is 0.500. The minimum absolute atomic E-state index is 0.266. The first kappa shape index (κ1) is 31.6. The Hall–Kier alpha value is -2.35. The van der Waals surface area contributed by atoms with Gasteiger partial charge in [0.1, 0.15) is 0 Å². The van der Waals surface area contributed by atoms with Crippen molar-refractivity contribution in [2.75, 3.05) is 34.3 Å². The first-order valence-corrected chi connectivity index (χ1v) is 11.9. The van der Waals surface area contributed by atoms with Crippen molar-refractivity contribution in [2.24, 2.45) is 0 Å². The van der Waals surface area contributed by atoms with Crippen LogP contribution in [0, 0.1) is 11.8 Å². The highest BCUT2D eigenvalue weighted by atomic mass is 32.3. The van der Waals surface area contributed by atoms with Crippen LogP contribution in [0.4, 0.5) is 26.3 Å². The standard InChI is InChI=1S/C16H22NO2.C2F6NO4S2/c1-5-7-14-8-10-15(11-9-14)16(18)19-13-6-12-17(2,3)4;3-1(4,5)14(10,11)9-15(12,13)2(6,7)8/h8-11H,6,12-13H2,1-4H3;/q+1;-1. The van der Waals surface area contributed by atoms with Gasteiger partial charge in [0.25, 0.3) is 0 Å². The summed E-state index contributed by atoms with van der Waals surface area (Å²) in [6.07, 6.45) is 0.870. The van der Waals surface area contributed by atoms with Crippen LogP contribution in [0.2, 0.25) is 0 Å². The molecule has 8 nitrogen and oxygen atoms in total. The molecule has 0 saturated carbocycles. The molecule has 34 heavy (non-hydrogen) atoms. The van der Waals surface area contributed by atoms with Crippen LogP contribution >= 0.6 is 0 Å². The summed E-state index contributed by atoms with van der Waals surface area (Å²) >= 11 is 0. The third-order valence-corrected chi connectivity index (χ3v) is 6.12. The van der Waals surface area contributed by atoms with E-state index < -0.39 is 31.1 Å². The Morgan fingerprint density at radius 3 is 1.74 bits per heavy atom. The van der Waals surface area contributed by atoms with Crippen molar-refractivity contribution >= 4 is 26.0 Å². The Kier molecular flexibility index (Phi) is 11.0. The van der Waals surface area contributed by atoms with Crippen molar-refractivity contribution in [2.45, 2.75) is 24.4 Å². The molecule has 0 spiro atoms. The third-order valence-electron chi connectivity index (χ3n) is 3.38. The summed E-state index contributed by atoms with van der Waals surface area (Å²) in [7, 11) is -7.08. The van der Waals surface area contributed by atoms with Gasteiger partial charge in [-0.2, -0.15) is 26.3 Å². The lowest BCUT2D eigenvalue weighted by atomic mass is 10.1. The number of carbonyl (C=O) groups excluding carboxylic acids is 1. The number of ether oxygens (including phenoxy) is 1. The van der Waals surface area contributed by atoms with Gasteiger partial charge in [-0.1, -0.05) is 5.92 Å². The first-order valence-electron chi connectivity index (χ1n) is 9.00. The lowest BCUT2D eigenvalue weighted by Gasteiger charge is -2.23. The highest BCUT2D eigenvalue weighted by molar-refractivity contribution is 8.13. The Bertz CT molecular complexity index is 1050. The van der Waals surface area contributed by atoms with Crippen LogP contribution in [0.25, 0.3) is 4.13 Å². The van der Waals surface area contributed by atoms with Crippen molar-refractivity contribution in [3.05, 3.63) is 39.5 Å². The minimum Gasteiger partial charge on any atom is -0.462 e. The second-order valence-electron chi connectivity index (χ2n) is 7.37. The molecule has 0 bridgehead atoms. The van der Waals surface area contributed by atoms with Crippen molar-refractivity contribution in [3.63, 3.8) is 0 Å². The zero-order valence-corrected chi connectivity index (χ0v) is 20.0. The maximum Gasteiger partial charge on any atom is 0.480 e. The molecular weight excluding hydrogens is 518 g/mol. The van der Waals surface area contributed by atoms with Crippen molar-refractivity contribution in [1.82, 2.24) is 0 Å². The van der Waals surface area contributed by atoms with Gasteiger partial charge in [-0.15, -0.1) is 5.92 Å². The summed E-state index contributed by atoms with van der Waals surface area (Å²) in [5.41, 5.74) is -10.9. The maximum absolute atomic E-state index is 11.8. The summed E-state index contributed by atoms with van der Waals surface area (Å²) in [5, 5.41) is 0. The van der Waals surface area contributed by atoms with E-state index in [9.17, 15) is 48.0 Å². The van der Waals surface area contributed by atoms with Gasteiger partial charge in [0.05, 0.1) is 39.9 Å². The minimum atomic E-state index is -6.72. The fourth-order valence-corrected chi connectivity index (χ4v) is 3.54. The number of hydrogen-bond acceptors (Lipinski definition) is 6. The molecule has 0 aliphatic carbocycles. The quantitative estimate of drug-likeness (QED) is 0.173. The van der Waals surface area contributed by atoms with Crippen LogP contribution < -0.4 is 0 Å². The monoisotopic (exact) mass is 540 g/mol. The van der Waals surface area contributed by atoms with Gasteiger partial charge >= 0.3 is 17.0 Å². The zero-order valence-electron chi connectivity index (χ0n) is 18.4. The molecule has 0 radical (unpaired) electrons. The molecule has 0 aromatic heterocycles. The van der Waals surface area contributed by atoms with Gasteiger partial charge in [0, 0.05) is 12.0 Å². The molecule has 0 saturated heterocycles. The lowest BCUT2D eigenvalue weighted by molar-refractivity contribution is -0.870. The summed E-state index contributed by atoms with van der Waals surface area (Å²) < 4.78 is 115. The largest absolute Gasteiger partial charge is 0.480 e. The molecule has 0 aliphatic heterocycles. The van der Waals surface area contributed by atoms with E-state index in [1.165, 1.54) is 0 Å². The summed E-state index contributed by atoms with van der Waals surface area (Å²) in [4.78, 5) is 11.8. The maximum atomic E-state index is 11.8. The Labute approximate surface area is 193 Å². The molecule has 0 heterocycles. The number of halogens is 6. The van der Waals surface area contributed by atoms with Crippen LogP contribution in [-0.2, 0) is 24.8 Å². The first-order chi connectivity index (χ1) is 15.1. The Morgan fingerprint density at radius 1 is 0.941 bits per heavy atom. The Morgan fingerprint density at radius 2 is 1.38 bits per heavy atom. The van der Waals surface area contributed by atoms with Crippen molar-refractivity contribution in [1.29, 1.82) is 0 Å². The molecule has 1 rings (SSSR count). The van der Waals surface area contributed by atoms with Gasteiger partial charge < -0.3 is 13.3 Å². The number of esters is 1. The highest BCUT2D eigenvalue weighted by Crippen LogP contribution is 2.36.